The van der Waals surface area contributed by atoms with Crippen LogP contribution in [0.3, 0.4) is 0 Å². The highest BCUT2D eigenvalue weighted by Gasteiger charge is 2.40. The summed E-state index contributed by atoms with van der Waals surface area (Å²) in [6.07, 6.45) is 2.50. The zero-order valence-electron chi connectivity index (χ0n) is 12.5. The van der Waals surface area contributed by atoms with Gasteiger partial charge < -0.3 is 15.2 Å². The van der Waals surface area contributed by atoms with Crippen molar-refractivity contribution < 1.29 is 9.47 Å². The van der Waals surface area contributed by atoms with Crippen LogP contribution in [0.5, 0.6) is 11.5 Å². The summed E-state index contributed by atoms with van der Waals surface area (Å²) < 4.78 is 12.4. The van der Waals surface area contributed by atoms with E-state index in [1.807, 2.05) is 6.07 Å². The molecule has 2 N–H and O–H groups in total. The van der Waals surface area contributed by atoms with E-state index in [0.29, 0.717) is 25.2 Å². The summed E-state index contributed by atoms with van der Waals surface area (Å²) in [5.74, 6) is 3.21. The molecule has 0 spiro atoms. The van der Waals surface area contributed by atoms with Crippen LogP contribution >= 0.6 is 28.3 Å². The maximum atomic E-state index is 6.22. The summed E-state index contributed by atoms with van der Waals surface area (Å²) in [7, 11) is 0. The Bertz CT molecular complexity index is 557. The number of hydrogen-bond acceptors (Lipinski definition) is 4. The van der Waals surface area contributed by atoms with Gasteiger partial charge in [-0.1, -0.05) is 15.9 Å². The largest absolute Gasteiger partial charge is 0.486 e. The monoisotopic (exact) mass is 388 g/mol. The number of likely N-dealkylation sites (tertiary alicyclic amines) is 1. The van der Waals surface area contributed by atoms with Gasteiger partial charge in [0.15, 0.2) is 11.5 Å². The average molecular weight is 390 g/mol. The number of nitrogens with two attached hydrogens (primary N) is 1. The van der Waals surface area contributed by atoms with Crippen molar-refractivity contribution in [1.29, 1.82) is 0 Å². The molecular formula is C16H22BrClN2O2. The Morgan fingerprint density at radius 2 is 1.86 bits per heavy atom. The molecule has 3 atom stereocenters. The number of benzene rings is 1. The summed E-state index contributed by atoms with van der Waals surface area (Å²) in [4.78, 5) is 2.53. The third kappa shape index (κ3) is 2.96. The van der Waals surface area contributed by atoms with Crippen molar-refractivity contribution in [1.82, 2.24) is 4.90 Å². The van der Waals surface area contributed by atoms with E-state index in [2.05, 4.69) is 26.9 Å². The molecule has 1 saturated heterocycles. The molecule has 3 unspecified atom stereocenters. The molecular weight excluding hydrogens is 368 g/mol. The minimum absolute atomic E-state index is 0. The van der Waals surface area contributed by atoms with Crippen molar-refractivity contribution in [3.63, 3.8) is 0 Å². The van der Waals surface area contributed by atoms with E-state index in [1.54, 1.807) is 0 Å². The van der Waals surface area contributed by atoms with Crippen LogP contribution in [0.15, 0.2) is 16.6 Å². The van der Waals surface area contributed by atoms with Crippen molar-refractivity contribution in [2.24, 2.45) is 17.6 Å². The summed E-state index contributed by atoms with van der Waals surface area (Å²) in [6, 6.07) is 4.56. The van der Waals surface area contributed by atoms with E-state index in [0.717, 1.165) is 35.0 Å². The molecule has 0 amide bonds. The zero-order chi connectivity index (χ0) is 14.4. The number of nitrogens with zero attached hydrogens (tertiary/aromatic N) is 1. The lowest BCUT2D eigenvalue weighted by molar-refractivity contribution is 0.171. The Hall–Kier alpha value is -0.490. The quantitative estimate of drug-likeness (QED) is 0.845. The smallest absolute Gasteiger partial charge is 0.162 e. The highest BCUT2D eigenvalue weighted by molar-refractivity contribution is 9.10. The van der Waals surface area contributed by atoms with E-state index in [1.165, 1.54) is 24.9 Å². The Balaban J connectivity index is 0.00000144. The van der Waals surface area contributed by atoms with E-state index < -0.39 is 0 Å². The zero-order valence-corrected chi connectivity index (χ0v) is 14.9. The van der Waals surface area contributed by atoms with E-state index in [-0.39, 0.29) is 12.4 Å². The normalized spacial score (nSPS) is 30.0. The Morgan fingerprint density at radius 1 is 1.14 bits per heavy atom. The molecule has 1 aromatic carbocycles. The van der Waals surface area contributed by atoms with Crippen LogP contribution in [-0.2, 0) is 6.54 Å². The van der Waals surface area contributed by atoms with Crippen LogP contribution in [0.4, 0.5) is 0 Å². The van der Waals surface area contributed by atoms with Crippen LogP contribution in [0.2, 0.25) is 0 Å². The first kappa shape index (κ1) is 16.4. The lowest BCUT2D eigenvalue weighted by Gasteiger charge is -2.22. The third-order valence-corrected chi connectivity index (χ3v) is 5.83. The number of fused-ring (bicyclic) bond motifs is 2. The van der Waals surface area contributed by atoms with Gasteiger partial charge in [-0.15, -0.1) is 12.4 Å². The fraction of sp³-hybridized carbons (Fsp3) is 0.625. The van der Waals surface area contributed by atoms with Crippen molar-refractivity contribution in [3.8, 4) is 11.5 Å². The minimum Gasteiger partial charge on any atom is -0.486 e. The van der Waals surface area contributed by atoms with E-state index >= 15 is 0 Å². The second kappa shape index (κ2) is 6.56. The molecule has 3 aliphatic rings. The van der Waals surface area contributed by atoms with Crippen molar-refractivity contribution in [3.05, 3.63) is 22.2 Å². The molecule has 0 bridgehead atoms. The van der Waals surface area contributed by atoms with Gasteiger partial charge in [-0.25, -0.2) is 0 Å². The minimum atomic E-state index is 0. The van der Waals surface area contributed by atoms with Crippen LogP contribution < -0.4 is 15.2 Å². The highest BCUT2D eigenvalue weighted by atomic mass is 79.9. The first-order valence-corrected chi connectivity index (χ1v) is 8.56. The number of halogens is 2. The number of hydrogen-bond donors (Lipinski definition) is 1. The molecule has 1 aliphatic carbocycles. The van der Waals surface area contributed by atoms with Gasteiger partial charge in [0.25, 0.3) is 0 Å². The maximum absolute atomic E-state index is 6.22. The first-order chi connectivity index (χ1) is 10.2. The van der Waals surface area contributed by atoms with Gasteiger partial charge in [0.05, 0.1) is 0 Å². The molecule has 6 heteroatoms. The van der Waals surface area contributed by atoms with Crippen molar-refractivity contribution in [2.45, 2.75) is 25.4 Å². The van der Waals surface area contributed by atoms with E-state index in [4.69, 9.17) is 15.2 Å². The average Bonchev–Trinajstić information content (AvgIpc) is 3.02. The fourth-order valence-corrected chi connectivity index (χ4v) is 4.44. The van der Waals surface area contributed by atoms with Gasteiger partial charge in [0.2, 0.25) is 0 Å². The molecule has 1 aromatic rings. The molecule has 0 radical (unpaired) electrons. The molecule has 2 aliphatic heterocycles. The standard InChI is InChI=1S/C16H21BrN2O2.ClH/c17-13-6-16-15(20-3-4-21-16)5-11(13)8-19-7-10-1-2-14(18)12(10)9-19;/h5-6,10,12,14H,1-4,7-9,18H2;1H. The van der Waals surface area contributed by atoms with Gasteiger partial charge in [-0.3, -0.25) is 4.90 Å². The van der Waals surface area contributed by atoms with Crippen LogP contribution in [0.25, 0.3) is 0 Å². The lowest BCUT2D eigenvalue weighted by Crippen LogP contribution is -2.30. The second-order valence-electron chi connectivity index (χ2n) is 6.45. The first-order valence-electron chi connectivity index (χ1n) is 7.76. The van der Waals surface area contributed by atoms with E-state index in [9.17, 15) is 0 Å². The van der Waals surface area contributed by atoms with Crippen LogP contribution in [0.1, 0.15) is 18.4 Å². The number of rotatable bonds is 2. The summed E-state index contributed by atoms with van der Waals surface area (Å²) >= 11 is 3.67. The molecule has 1 saturated carbocycles. The molecule has 4 nitrogen and oxygen atoms in total. The molecule has 4 rings (SSSR count). The SMILES string of the molecule is Cl.NC1CCC2CN(Cc3cc4c(cc3Br)OCCO4)CC12. The number of ether oxygens (including phenoxy) is 2. The van der Waals surface area contributed by atoms with Gasteiger partial charge in [-0.05, 0) is 42.4 Å². The van der Waals surface area contributed by atoms with Gasteiger partial charge in [0, 0.05) is 30.1 Å². The predicted molar refractivity (Wildman–Crippen MR) is 91.8 cm³/mol. The lowest BCUT2D eigenvalue weighted by atomic mass is 9.98. The Kier molecular flexibility index (Phi) is 4.88. The molecule has 22 heavy (non-hydrogen) atoms. The topological polar surface area (TPSA) is 47.7 Å². The Morgan fingerprint density at radius 3 is 2.59 bits per heavy atom. The Labute approximate surface area is 145 Å². The summed E-state index contributed by atoms with van der Waals surface area (Å²) in [5, 5.41) is 0. The summed E-state index contributed by atoms with van der Waals surface area (Å²) in [6.45, 7) is 4.53. The third-order valence-electron chi connectivity index (χ3n) is 5.09. The molecule has 122 valence electrons. The molecule has 0 aromatic heterocycles. The van der Waals surface area contributed by atoms with Crippen molar-refractivity contribution in [2.75, 3.05) is 26.3 Å². The van der Waals surface area contributed by atoms with Crippen LogP contribution in [0, 0.1) is 11.8 Å². The van der Waals surface area contributed by atoms with Gasteiger partial charge in [0.1, 0.15) is 13.2 Å². The molecule has 2 heterocycles. The summed E-state index contributed by atoms with van der Waals surface area (Å²) in [5.41, 5.74) is 7.50. The highest BCUT2D eigenvalue weighted by Crippen LogP contribution is 2.40. The maximum Gasteiger partial charge on any atom is 0.162 e. The molecule has 2 fully saturated rings. The second-order valence-corrected chi connectivity index (χ2v) is 7.30. The van der Waals surface area contributed by atoms with Crippen molar-refractivity contribution >= 4 is 28.3 Å². The fourth-order valence-electron chi connectivity index (χ4n) is 4.00. The van der Waals surface area contributed by atoms with Gasteiger partial charge in [-0.2, -0.15) is 0 Å². The predicted octanol–water partition coefficient (Wildman–Crippen LogP) is 2.81. The van der Waals surface area contributed by atoms with Gasteiger partial charge >= 0.3 is 0 Å². The van der Waals surface area contributed by atoms with Crippen LogP contribution in [-0.4, -0.2) is 37.2 Å².